The second-order valence-corrected chi connectivity index (χ2v) is 6.72. The van der Waals surface area contributed by atoms with E-state index in [0.717, 1.165) is 18.9 Å². The molecule has 0 atom stereocenters. The number of nitrogens with zero attached hydrogens (tertiary/aromatic N) is 4. The number of aromatic hydroxyl groups is 1. The third-order valence-corrected chi connectivity index (χ3v) is 4.81. The second kappa shape index (κ2) is 7.26. The van der Waals surface area contributed by atoms with E-state index in [9.17, 15) is 14.6 Å². The molecule has 4 N–H and O–H groups in total. The molecule has 4 rings (SSSR count). The van der Waals surface area contributed by atoms with Crippen molar-refractivity contribution in [1.82, 2.24) is 19.5 Å². The van der Waals surface area contributed by atoms with Crippen LogP contribution in [0, 0.1) is 17.7 Å². The highest BCUT2D eigenvalue weighted by Gasteiger charge is 2.28. The number of hydrogen-bond acceptors (Lipinski definition) is 6. The molecule has 1 aromatic carbocycles. The molecule has 1 aliphatic carbocycles. The summed E-state index contributed by atoms with van der Waals surface area (Å²) in [6.07, 6.45) is 3.14. The van der Waals surface area contributed by atoms with Crippen LogP contribution in [0.25, 0.3) is 22.6 Å². The van der Waals surface area contributed by atoms with Gasteiger partial charge in [-0.2, -0.15) is 0 Å². The fraction of sp³-hybridized carbons (Fsp3) is 0.316. The van der Waals surface area contributed by atoms with Gasteiger partial charge in [-0.05, 0) is 43.7 Å². The minimum atomic E-state index is -1.00. The number of imidazole rings is 1. The summed E-state index contributed by atoms with van der Waals surface area (Å²) >= 11 is 0. The molecule has 0 spiro atoms. The van der Waals surface area contributed by atoms with Gasteiger partial charge in [0.15, 0.2) is 28.5 Å². The van der Waals surface area contributed by atoms with E-state index in [0.29, 0.717) is 29.8 Å². The number of aryl methyl sites for hydroxylation is 1. The summed E-state index contributed by atoms with van der Waals surface area (Å²) in [7, 11) is 1.68. The van der Waals surface area contributed by atoms with E-state index in [1.165, 1.54) is 6.07 Å². The Morgan fingerprint density at radius 1 is 1.21 bits per heavy atom. The monoisotopic (exact) mass is 403 g/mol. The Balaban J connectivity index is 0.00000225. The lowest BCUT2D eigenvalue weighted by Crippen LogP contribution is -2.20. The third-order valence-electron chi connectivity index (χ3n) is 4.81. The summed E-state index contributed by atoms with van der Waals surface area (Å²) < 4.78 is 15.3. The smallest absolute Gasteiger partial charge is 0.209 e. The van der Waals surface area contributed by atoms with Gasteiger partial charge < -0.3 is 20.5 Å². The highest BCUT2D eigenvalue weighted by Crippen LogP contribution is 2.33. The van der Waals surface area contributed by atoms with E-state index in [4.69, 9.17) is 5.73 Å². The largest absolute Gasteiger partial charge is 0.504 e. The van der Waals surface area contributed by atoms with Crippen LogP contribution in [0.5, 0.6) is 5.75 Å². The van der Waals surface area contributed by atoms with E-state index < -0.39 is 17.2 Å². The van der Waals surface area contributed by atoms with Gasteiger partial charge in [0.25, 0.3) is 0 Å². The van der Waals surface area contributed by atoms with Crippen LogP contribution in [0.1, 0.15) is 31.5 Å². The average Bonchev–Trinajstić information content (AvgIpc) is 3.21. The van der Waals surface area contributed by atoms with Gasteiger partial charge in [0, 0.05) is 7.05 Å². The Morgan fingerprint density at radius 2 is 1.93 bits per heavy atom. The van der Waals surface area contributed by atoms with Gasteiger partial charge in [-0.3, -0.25) is 0 Å². The van der Waals surface area contributed by atoms with Crippen LogP contribution in [-0.4, -0.2) is 35.3 Å². The van der Waals surface area contributed by atoms with Crippen molar-refractivity contribution in [2.24, 2.45) is 7.05 Å². The molecular formula is C19H19ClFN5O2. The lowest BCUT2D eigenvalue weighted by atomic mass is 10.0. The predicted octanol–water partition coefficient (Wildman–Crippen LogP) is 2.54. The molecule has 146 valence electrons. The molecule has 0 radical (unpaired) electrons. The van der Waals surface area contributed by atoms with Crippen LogP contribution in [0.4, 0.5) is 10.2 Å². The van der Waals surface area contributed by atoms with Gasteiger partial charge in [0.2, 0.25) is 5.82 Å². The molecule has 2 aromatic heterocycles. The van der Waals surface area contributed by atoms with Crippen molar-refractivity contribution in [3.63, 3.8) is 0 Å². The number of para-hydroxylation sites is 1. The van der Waals surface area contributed by atoms with Gasteiger partial charge in [-0.1, -0.05) is 12.0 Å². The van der Waals surface area contributed by atoms with Crippen LogP contribution in [-0.2, 0) is 7.05 Å². The van der Waals surface area contributed by atoms with Crippen molar-refractivity contribution in [1.29, 1.82) is 0 Å². The van der Waals surface area contributed by atoms with Gasteiger partial charge in [-0.25, -0.2) is 19.3 Å². The van der Waals surface area contributed by atoms with Crippen molar-refractivity contribution in [2.45, 2.75) is 31.3 Å². The topological polar surface area (TPSA) is 110 Å². The van der Waals surface area contributed by atoms with E-state index >= 15 is 0 Å². The third kappa shape index (κ3) is 3.35. The summed E-state index contributed by atoms with van der Waals surface area (Å²) in [5.41, 5.74) is 5.97. The van der Waals surface area contributed by atoms with Crippen LogP contribution < -0.4 is 5.73 Å². The molecule has 0 aliphatic heterocycles. The summed E-state index contributed by atoms with van der Waals surface area (Å²) in [6.45, 7) is 0. The number of phenols is 1. The van der Waals surface area contributed by atoms with Crippen LogP contribution in [0.2, 0.25) is 0 Å². The molecule has 1 saturated carbocycles. The zero-order valence-corrected chi connectivity index (χ0v) is 15.9. The van der Waals surface area contributed by atoms with E-state index in [1.807, 2.05) is 0 Å². The van der Waals surface area contributed by atoms with Gasteiger partial charge >= 0.3 is 0 Å². The fourth-order valence-corrected chi connectivity index (χ4v) is 3.33. The van der Waals surface area contributed by atoms with Gasteiger partial charge in [0.05, 0.1) is 5.56 Å². The minimum absolute atomic E-state index is 0. The van der Waals surface area contributed by atoms with Crippen molar-refractivity contribution < 1.29 is 14.6 Å². The SMILES string of the molecule is Cl.Cn1c(-c2cccc(F)c2O)nc2c(N)nc(C#CC3(O)CCCC3)nc21. The highest BCUT2D eigenvalue weighted by atomic mass is 35.5. The van der Waals surface area contributed by atoms with Crippen molar-refractivity contribution in [2.75, 3.05) is 5.73 Å². The van der Waals surface area contributed by atoms with E-state index in [-0.39, 0.29) is 29.6 Å². The Morgan fingerprint density at radius 3 is 2.64 bits per heavy atom. The Labute approximate surface area is 166 Å². The summed E-state index contributed by atoms with van der Waals surface area (Å²) in [6, 6.07) is 4.20. The van der Waals surface area contributed by atoms with Gasteiger partial charge in [-0.15, -0.1) is 12.4 Å². The summed E-state index contributed by atoms with van der Waals surface area (Å²) in [4.78, 5) is 12.9. The predicted molar refractivity (Wildman–Crippen MR) is 105 cm³/mol. The molecule has 28 heavy (non-hydrogen) atoms. The molecule has 1 aliphatic rings. The first-order valence-electron chi connectivity index (χ1n) is 8.61. The maximum absolute atomic E-state index is 13.7. The summed E-state index contributed by atoms with van der Waals surface area (Å²) in [5, 5.41) is 20.4. The van der Waals surface area contributed by atoms with Crippen molar-refractivity contribution in [3.8, 4) is 29.0 Å². The number of fused-ring (bicyclic) bond motifs is 1. The number of phenolic OH excluding ortho intramolecular Hbond substituents is 1. The molecule has 0 unspecified atom stereocenters. The maximum Gasteiger partial charge on any atom is 0.209 e. The number of halogens is 2. The lowest BCUT2D eigenvalue weighted by Gasteiger charge is -2.12. The molecule has 0 saturated heterocycles. The number of benzene rings is 1. The number of nitrogens with two attached hydrogens (primary N) is 1. The maximum atomic E-state index is 13.7. The first-order chi connectivity index (χ1) is 12.9. The molecular weight excluding hydrogens is 385 g/mol. The number of nitrogen functional groups attached to an aromatic ring is 1. The average molecular weight is 404 g/mol. The molecule has 2 heterocycles. The number of rotatable bonds is 1. The molecule has 7 nitrogen and oxygen atoms in total. The quantitative estimate of drug-likeness (QED) is 0.538. The van der Waals surface area contributed by atoms with Crippen LogP contribution in [0.15, 0.2) is 18.2 Å². The Kier molecular flexibility index (Phi) is 5.15. The zero-order chi connectivity index (χ0) is 19.2. The molecule has 1 fully saturated rings. The summed E-state index contributed by atoms with van der Waals surface area (Å²) in [5.74, 6) is 5.03. The van der Waals surface area contributed by atoms with Crippen LogP contribution in [0.3, 0.4) is 0 Å². The number of aromatic nitrogens is 4. The first-order valence-corrected chi connectivity index (χ1v) is 8.61. The fourth-order valence-electron chi connectivity index (χ4n) is 3.33. The Bertz CT molecular complexity index is 1110. The van der Waals surface area contributed by atoms with Gasteiger partial charge in [0.1, 0.15) is 11.4 Å². The van der Waals surface area contributed by atoms with Crippen LogP contribution >= 0.6 is 12.4 Å². The lowest BCUT2D eigenvalue weighted by molar-refractivity contribution is 0.110. The molecule has 3 aromatic rings. The van der Waals surface area contributed by atoms with Crippen molar-refractivity contribution in [3.05, 3.63) is 29.8 Å². The minimum Gasteiger partial charge on any atom is -0.504 e. The molecule has 9 heteroatoms. The number of aliphatic hydroxyl groups is 1. The molecule has 0 bridgehead atoms. The van der Waals surface area contributed by atoms with Crippen molar-refractivity contribution >= 4 is 29.4 Å². The molecule has 0 amide bonds. The standard InChI is InChI=1S/C19H18FN5O2.ClH/c1-25-17(11-5-4-6-12(20)15(11)26)24-14-16(21)22-13(23-18(14)25)7-10-19(27)8-2-3-9-19;/h4-6,26-27H,2-3,8-9H2,1H3,(H2,21,22,23);1H. The zero-order valence-electron chi connectivity index (χ0n) is 15.1. The highest BCUT2D eigenvalue weighted by molar-refractivity contribution is 5.86. The Hall–Kier alpha value is -2.89. The van der Waals surface area contributed by atoms with E-state index in [1.54, 1.807) is 17.7 Å². The normalized spacial score (nSPS) is 15.1. The first kappa shape index (κ1) is 19.9. The van der Waals surface area contributed by atoms with E-state index in [2.05, 4.69) is 26.8 Å². The number of hydrogen-bond donors (Lipinski definition) is 3. The second-order valence-electron chi connectivity index (χ2n) is 6.72. The number of anilines is 1.